The number of carbonyl (C=O) groups excluding carboxylic acids is 1. The van der Waals surface area contributed by atoms with Gasteiger partial charge in [-0.15, -0.1) is 0 Å². The van der Waals surface area contributed by atoms with Gasteiger partial charge >= 0.3 is 0 Å². The van der Waals surface area contributed by atoms with Crippen LogP contribution in [0.25, 0.3) is 0 Å². The van der Waals surface area contributed by atoms with E-state index in [4.69, 9.17) is 0 Å². The number of hydrogen-bond donors (Lipinski definition) is 0. The highest BCUT2D eigenvalue weighted by atomic mass is 32.2. The third-order valence-corrected chi connectivity index (χ3v) is 4.54. The maximum Gasteiger partial charge on any atom is 0.174 e. The van der Waals surface area contributed by atoms with Crippen LogP contribution in [0.1, 0.15) is 21.7 Å². The van der Waals surface area contributed by atoms with Crippen LogP contribution in [0, 0.1) is 13.8 Å². The Balaban J connectivity index is 2.07. The number of Topliss-reactive ketones (excluding diaryl/α,β-unsaturated/α-hetero) is 1. The molecule has 0 fully saturated rings. The predicted molar refractivity (Wildman–Crippen MR) is 69.9 cm³/mol. The molecular formula is C11H13N3OS2. The van der Waals surface area contributed by atoms with Crippen molar-refractivity contribution in [2.75, 3.05) is 5.75 Å². The summed E-state index contributed by atoms with van der Waals surface area (Å²) in [6, 6.07) is 1.94. The highest BCUT2D eigenvalue weighted by Crippen LogP contribution is 2.21. The van der Waals surface area contributed by atoms with Gasteiger partial charge < -0.3 is 4.57 Å². The zero-order chi connectivity index (χ0) is 12.4. The quantitative estimate of drug-likeness (QED) is 0.630. The van der Waals surface area contributed by atoms with Gasteiger partial charge in [-0.25, -0.2) is 4.98 Å². The molecule has 0 unspecified atom stereocenters. The molecule has 0 amide bonds. The Morgan fingerprint density at radius 1 is 1.53 bits per heavy atom. The zero-order valence-corrected chi connectivity index (χ0v) is 11.6. The van der Waals surface area contributed by atoms with Gasteiger partial charge in [0.2, 0.25) is 0 Å². The van der Waals surface area contributed by atoms with E-state index in [1.165, 1.54) is 29.6 Å². The van der Waals surface area contributed by atoms with Crippen molar-refractivity contribution in [2.24, 2.45) is 7.05 Å². The topological polar surface area (TPSA) is 47.8 Å². The van der Waals surface area contributed by atoms with Gasteiger partial charge in [0.15, 0.2) is 10.1 Å². The molecule has 17 heavy (non-hydrogen) atoms. The fourth-order valence-electron chi connectivity index (χ4n) is 1.57. The first kappa shape index (κ1) is 12.3. The van der Waals surface area contributed by atoms with Crippen molar-refractivity contribution < 1.29 is 4.79 Å². The van der Waals surface area contributed by atoms with E-state index in [1.807, 2.05) is 31.5 Å². The Bertz CT molecular complexity index is 531. The Morgan fingerprint density at radius 2 is 2.29 bits per heavy atom. The molecule has 0 atom stereocenters. The molecule has 90 valence electrons. The fraction of sp³-hybridized carbons (Fsp3) is 0.364. The first-order valence-corrected chi connectivity index (χ1v) is 6.91. The van der Waals surface area contributed by atoms with Crippen molar-refractivity contribution in [1.82, 2.24) is 13.9 Å². The lowest BCUT2D eigenvalue weighted by molar-refractivity contribution is 0.102. The van der Waals surface area contributed by atoms with Crippen LogP contribution in [-0.4, -0.2) is 25.5 Å². The van der Waals surface area contributed by atoms with Crippen LogP contribution in [-0.2, 0) is 7.05 Å². The van der Waals surface area contributed by atoms with E-state index in [0.717, 1.165) is 21.3 Å². The lowest BCUT2D eigenvalue weighted by Crippen LogP contribution is -2.04. The minimum atomic E-state index is 0.145. The molecule has 0 spiro atoms. The van der Waals surface area contributed by atoms with Gasteiger partial charge in [-0.1, -0.05) is 11.8 Å². The SMILES string of the molecule is Cc1cc(C(=O)CSc2ncns2)c(C)n1C. The summed E-state index contributed by atoms with van der Waals surface area (Å²) < 4.78 is 6.77. The Labute approximate surface area is 108 Å². The van der Waals surface area contributed by atoms with E-state index >= 15 is 0 Å². The summed E-state index contributed by atoms with van der Waals surface area (Å²) in [5, 5.41) is 0. The summed E-state index contributed by atoms with van der Waals surface area (Å²) in [7, 11) is 1.97. The molecule has 0 aliphatic rings. The van der Waals surface area contributed by atoms with Crippen molar-refractivity contribution in [3.8, 4) is 0 Å². The van der Waals surface area contributed by atoms with Crippen molar-refractivity contribution >= 4 is 29.1 Å². The average molecular weight is 267 g/mol. The van der Waals surface area contributed by atoms with Crippen molar-refractivity contribution in [2.45, 2.75) is 18.2 Å². The van der Waals surface area contributed by atoms with E-state index in [2.05, 4.69) is 9.36 Å². The van der Waals surface area contributed by atoms with Gasteiger partial charge in [0.05, 0.1) is 5.75 Å². The van der Waals surface area contributed by atoms with Crippen molar-refractivity contribution in [1.29, 1.82) is 0 Å². The predicted octanol–water partition coefficient (Wildman–Crippen LogP) is 2.47. The number of rotatable bonds is 4. The molecule has 2 aromatic rings. The Morgan fingerprint density at radius 3 is 2.82 bits per heavy atom. The summed E-state index contributed by atoms with van der Waals surface area (Å²) >= 11 is 2.76. The lowest BCUT2D eigenvalue weighted by Gasteiger charge is -2.01. The molecule has 0 bridgehead atoms. The monoisotopic (exact) mass is 267 g/mol. The summed E-state index contributed by atoms with van der Waals surface area (Å²) in [4.78, 5) is 16.1. The number of aromatic nitrogens is 3. The third-order valence-electron chi connectivity index (χ3n) is 2.74. The second-order valence-electron chi connectivity index (χ2n) is 3.76. The normalized spacial score (nSPS) is 10.8. The number of aryl methyl sites for hydroxylation is 1. The fourth-order valence-corrected chi connectivity index (χ4v) is 2.90. The van der Waals surface area contributed by atoms with Gasteiger partial charge in [-0.05, 0) is 31.4 Å². The smallest absolute Gasteiger partial charge is 0.174 e. The van der Waals surface area contributed by atoms with Gasteiger partial charge in [0.25, 0.3) is 0 Å². The Kier molecular flexibility index (Phi) is 3.63. The molecule has 0 aliphatic heterocycles. The highest BCUT2D eigenvalue weighted by Gasteiger charge is 2.14. The standard InChI is InChI=1S/C11H13N3OS2/c1-7-4-9(8(2)14(7)3)10(15)5-16-11-12-6-13-17-11/h4,6H,5H2,1-3H3. The van der Waals surface area contributed by atoms with Crippen molar-refractivity contribution in [3.63, 3.8) is 0 Å². The minimum absolute atomic E-state index is 0.145. The van der Waals surface area contributed by atoms with Crippen LogP contribution < -0.4 is 0 Å². The second kappa shape index (κ2) is 5.01. The number of thioether (sulfide) groups is 1. The lowest BCUT2D eigenvalue weighted by atomic mass is 10.2. The van der Waals surface area contributed by atoms with Gasteiger partial charge in [-0.3, -0.25) is 4.79 Å². The molecule has 0 aromatic carbocycles. The van der Waals surface area contributed by atoms with Gasteiger partial charge in [0, 0.05) is 24.0 Å². The van der Waals surface area contributed by atoms with Crippen LogP contribution in [0.15, 0.2) is 16.7 Å². The van der Waals surface area contributed by atoms with Gasteiger partial charge in [-0.2, -0.15) is 4.37 Å². The average Bonchev–Trinajstić information content (AvgIpc) is 2.91. The first-order chi connectivity index (χ1) is 8.09. The maximum absolute atomic E-state index is 12.0. The molecular weight excluding hydrogens is 254 g/mol. The maximum atomic E-state index is 12.0. The zero-order valence-electron chi connectivity index (χ0n) is 9.93. The number of ketones is 1. The summed E-state index contributed by atoms with van der Waals surface area (Å²) in [6.45, 7) is 3.97. The molecule has 2 rings (SSSR count). The molecule has 0 radical (unpaired) electrons. The van der Waals surface area contributed by atoms with Gasteiger partial charge in [0.1, 0.15) is 6.33 Å². The van der Waals surface area contributed by atoms with Crippen LogP contribution in [0.3, 0.4) is 0 Å². The molecule has 6 heteroatoms. The molecule has 0 saturated carbocycles. The van der Waals surface area contributed by atoms with Crippen LogP contribution in [0.5, 0.6) is 0 Å². The van der Waals surface area contributed by atoms with E-state index in [9.17, 15) is 4.79 Å². The van der Waals surface area contributed by atoms with E-state index in [1.54, 1.807) is 0 Å². The molecule has 4 nitrogen and oxygen atoms in total. The van der Waals surface area contributed by atoms with Crippen LogP contribution in [0.4, 0.5) is 0 Å². The largest absolute Gasteiger partial charge is 0.351 e. The van der Waals surface area contributed by atoms with E-state index in [0.29, 0.717) is 5.75 Å². The number of nitrogens with zero attached hydrogens (tertiary/aromatic N) is 3. The third kappa shape index (κ3) is 2.58. The first-order valence-electron chi connectivity index (χ1n) is 5.15. The van der Waals surface area contributed by atoms with E-state index < -0.39 is 0 Å². The summed E-state index contributed by atoms with van der Waals surface area (Å²) in [5.41, 5.74) is 2.93. The summed E-state index contributed by atoms with van der Waals surface area (Å²) in [6.07, 6.45) is 1.51. The van der Waals surface area contributed by atoms with Crippen LogP contribution in [0.2, 0.25) is 0 Å². The van der Waals surface area contributed by atoms with Crippen molar-refractivity contribution in [3.05, 3.63) is 29.3 Å². The summed E-state index contributed by atoms with van der Waals surface area (Å²) in [5.74, 6) is 0.561. The van der Waals surface area contributed by atoms with E-state index in [-0.39, 0.29) is 5.78 Å². The minimum Gasteiger partial charge on any atom is -0.351 e. The molecule has 0 N–H and O–H groups in total. The molecule has 2 aromatic heterocycles. The molecule has 0 saturated heterocycles. The molecule has 2 heterocycles. The van der Waals surface area contributed by atoms with Crippen LogP contribution >= 0.6 is 23.3 Å². The number of carbonyl (C=O) groups is 1. The Hall–Kier alpha value is -1.14. The second-order valence-corrected chi connectivity index (χ2v) is 5.77. The number of hydrogen-bond acceptors (Lipinski definition) is 5. The highest BCUT2D eigenvalue weighted by molar-refractivity contribution is 8.01. The molecule has 0 aliphatic carbocycles.